The molecular weight excluding hydrogens is 2330 g/mol. The standard InChI is InChI=1S/5C11H9N2.C8H9NO.C7H6O2.C5H8NO2.C5H12O4.C5H12O2.5Ir/c5*1-9-11(13-8-7-12-9)10-5-3-2-4-6-10;1-9-6-7-4-2-3-5-8(7)10;8-5-6-3-1-2-4-7(6)9;7-5(8)4-2-1-3-6-4;1-8-4(6)3-5(7)9-2;1-4(6)3-5(2)7;;;;;/h5*2-5,7-8H,1H3;2-6,10H,1H3;1-5,9H;4H,1-3H2,(H,7,8);4-7H,3H2,1-2H3;4-7H,3H2,1-2H3;;;;;/q5*-1;;;-1;;;;;;;. The minimum Gasteiger partial charge on any atom is -0.650 e. The van der Waals surface area contributed by atoms with Crippen molar-refractivity contribution in [3.05, 3.63) is 307 Å². The molecule has 5 atom stereocenters. The summed E-state index contributed by atoms with van der Waals surface area (Å²) in [6.45, 7) is 13.8. The third kappa shape index (κ3) is 43.4. The second-order valence-electron chi connectivity index (χ2n) is 22.9. The Kier molecular flexibility index (Phi) is 59.9. The van der Waals surface area contributed by atoms with Crippen LogP contribution in [0.25, 0.3) is 61.6 Å². The maximum atomic E-state index is 10.1. The Labute approximate surface area is 730 Å². The predicted octanol–water partition coefficient (Wildman–Crippen LogP) is 13.9. The average molecular weight is 2420 g/mol. The molecule has 7 N–H and O–H groups in total. The first-order valence-electron chi connectivity index (χ1n) is 34.0. The van der Waals surface area contributed by atoms with Crippen LogP contribution in [-0.4, -0.2) is 163 Å². The first-order chi connectivity index (χ1) is 52.2. The summed E-state index contributed by atoms with van der Waals surface area (Å²) in [5, 5.41) is 64.7. The smallest absolute Gasteiger partial charge is 0.285 e. The van der Waals surface area contributed by atoms with Crippen molar-refractivity contribution in [3.63, 3.8) is 0 Å². The van der Waals surface area contributed by atoms with Crippen molar-refractivity contribution < 1.29 is 155 Å². The molecule has 0 bridgehead atoms. The second kappa shape index (κ2) is 63.7. The van der Waals surface area contributed by atoms with Gasteiger partial charge >= 0.3 is 0 Å². The molecule has 609 valence electrons. The first-order valence-corrected chi connectivity index (χ1v) is 34.0. The zero-order valence-corrected chi connectivity index (χ0v) is 75.8. The van der Waals surface area contributed by atoms with Crippen molar-refractivity contribution >= 4 is 18.5 Å². The molecule has 7 aromatic carbocycles. The van der Waals surface area contributed by atoms with E-state index in [2.05, 4.69) is 100.0 Å². The number of phenolic OH excluding ortho intramolecular Hbond substituents is 2. The van der Waals surface area contributed by atoms with Gasteiger partial charge < -0.3 is 75.5 Å². The third-order valence-corrected chi connectivity index (χ3v) is 14.4. The fourth-order valence-electron chi connectivity index (χ4n) is 9.07. The molecule has 28 heteroatoms. The maximum Gasteiger partial charge on any atom is 0.285 e. The topological polar surface area (TPSA) is 350 Å². The Balaban J connectivity index is 0. The second-order valence-corrected chi connectivity index (χ2v) is 22.9. The van der Waals surface area contributed by atoms with Crippen molar-refractivity contribution in [1.82, 2.24) is 49.8 Å². The van der Waals surface area contributed by atoms with Crippen LogP contribution >= 0.6 is 0 Å². The molecule has 1 aliphatic rings. The van der Waals surface area contributed by atoms with Crippen LogP contribution in [0.3, 0.4) is 0 Å². The van der Waals surface area contributed by atoms with Crippen molar-refractivity contribution in [2.75, 3.05) is 27.8 Å². The summed E-state index contributed by atoms with van der Waals surface area (Å²) in [5.74, 6) is -0.469. The van der Waals surface area contributed by atoms with E-state index in [4.69, 9.17) is 35.7 Å². The molecule has 5 aromatic heterocycles. The van der Waals surface area contributed by atoms with Gasteiger partial charge in [-0.1, -0.05) is 37.1 Å². The van der Waals surface area contributed by atoms with E-state index >= 15 is 0 Å². The summed E-state index contributed by atoms with van der Waals surface area (Å²) in [5.41, 5.74) is 15.3. The molecule has 0 saturated carbocycles. The van der Waals surface area contributed by atoms with Gasteiger partial charge in [0.1, 0.15) is 11.5 Å². The Morgan fingerprint density at radius 2 is 0.708 bits per heavy atom. The third-order valence-electron chi connectivity index (χ3n) is 14.4. The Hall–Kier alpha value is -8.68. The minimum atomic E-state index is -0.944. The summed E-state index contributed by atoms with van der Waals surface area (Å²) in [4.78, 5) is 66.1. The van der Waals surface area contributed by atoms with Crippen molar-refractivity contribution in [1.29, 1.82) is 0 Å². The zero-order valence-electron chi connectivity index (χ0n) is 63.8. The molecule has 1 aliphatic heterocycles. The number of carboxylic acid groups (broad SMARTS) is 1. The van der Waals surface area contributed by atoms with E-state index in [9.17, 15) is 9.59 Å². The number of nitrogens with zero attached hydrogens (tertiary/aromatic N) is 12. The molecule has 5 radical (unpaired) electrons. The van der Waals surface area contributed by atoms with Gasteiger partial charge in [0.05, 0.1) is 17.8 Å². The van der Waals surface area contributed by atoms with Crippen LogP contribution in [0, 0.1) is 65.0 Å². The Bertz CT molecular complexity index is 3980. The molecule has 5 unspecified atom stereocenters. The number of methoxy groups -OCH3 is 2. The van der Waals surface area contributed by atoms with E-state index in [0.29, 0.717) is 18.3 Å². The van der Waals surface area contributed by atoms with Gasteiger partial charge in [-0.2, -0.15) is 0 Å². The number of aliphatic carboxylic acids is 1. The minimum absolute atomic E-state index is 0. The van der Waals surface area contributed by atoms with Gasteiger partial charge in [-0.05, 0) is 85.2 Å². The van der Waals surface area contributed by atoms with Crippen molar-refractivity contribution in [2.45, 2.75) is 105 Å². The van der Waals surface area contributed by atoms with Crippen LogP contribution < -0.4 is 0 Å². The van der Waals surface area contributed by atoms with Gasteiger partial charge in [-0.3, -0.25) is 39.5 Å². The van der Waals surface area contributed by atoms with Crippen LogP contribution in [0.1, 0.15) is 83.9 Å². The van der Waals surface area contributed by atoms with Gasteiger partial charge in [0.2, 0.25) is 0 Å². The van der Waals surface area contributed by atoms with Crippen LogP contribution in [0.4, 0.5) is 0 Å². The van der Waals surface area contributed by atoms with Gasteiger partial charge in [0.25, 0.3) is 5.97 Å². The fourth-order valence-corrected chi connectivity index (χ4v) is 9.07. The Morgan fingerprint density at radius 1 is 0.442 bits per heavy atom. The average Bonchev–Trinajstić information content (AvgIpc) is 1.08. The predicted molar refractivity (Wildman–Crippen MR) is 418 cm³/mol. The number of hydrogen-bond donors (Lipinski definition) is 7. The number of ether oxygens (including phenoxy) is 2. The molecule has 12 aromatic rings. The number of hydrogen-bond acceptors (Lipinski definition) is 21. The van der Waals surface area contributed by atoms with Gasteiger partial charge in [0, 0.05) is 259 Å². The molecule has 23 nitrogen and oxygen atoms in total. The van der Waals surface area contributed by atoms with Crippen LogP contribution in [0.2, 0.25) is 0 Å². The van der Waals surface area contributed by atoms with Crippen LogP contribution in [0.15, 0.2) is 237 Å². The number of benzene rings is 7. The van der Waals surface area contributed by atoms with Crippen LogP contribution in [0.5, 0.6) is 11.5 Å². The molecule has 0 amide bonds. The van der Waals surface area contributed by atoms with E-state index in [1.54, 1.807) is 119 Å². The summed E-state index contributed by atoms with van der Waals surface area (Å²) in [6.07, 6.45) is 18.8. The van der Waals surface area contributed by atoms with Gasteiger partial charge in [-0.15, -0.1) is 186 Å². The molecule has 1 saturated heterocycles. The van der Waals surface area contributed by atoms with Crippen molar-refractivity contribution in [3.8, 4) is 67.8 Å². The number of aromatic hydroxyl groups is 2. The number of aryl methyl sites for hydroxylation is 5. The normalized spacial score (nSPS) is 11.9. The number of para-hydroxylation sites is 2. The number of aliphatic hydroxyl groups is 4. The van der Waals surface area contributed by atoms with E-state index < -0.39 is 24.6 Å². The largest absolute Gasteiger partial charge is 0.650 e. The number of aliphatic imine (C=N–C) groups is 1. The van der Waals surface area contributed by atoms with E-state index in [1.165, 1.54) is 20.3 Å². The number of phenols is 2. The number of carboxylic acids is 1. The van der Waals surface area contributed by atoms with E-state index in [0.717, 1.165) is 110 Å². The van der Waals surface area contributed by atoms with Crippen LogP contribution in [-0.2, 0) is 115 Å². The van der Waals surface area contributed by atoms with E-state index in [1.807, 2.05) is 168 Å². The number of carbonyl (C=O) groups excluding carboxylic acids is 1. The van der Waals surface area contributed by atoms with Crippen molar-refractivity contribution in [2.24, 2.45) is 4.99 Å². The van der Waals surface area contributed by atoms with Gasteiger partial charge in [0.15, 0.2) is 18.9 Å². The first kappa shape index (κ1) is 106. The molecule has 0 spiro atoms. The molecule has 13 rings (SSSR count). The number of rotatable bonds is 14. The quantitative estimate of drug-likeness (QED) is 0.0230. The molecule has 1 fully saturated rings. The summed E-state index contributed by atoms with van der Waals surface area (Å²) >= 11 is 0. The monoisotopic (exact) mass is 2420 g/mol. The Morgan fingerprint density at radius 3 is 0.885 bits per heavy atom. The number of aromatic nitrogens is 10. The van der Waals surface area contributed by atoms with E-state index in [-0.39, 0.29) is 131 Å². The molecule has 0 aliphatic carbocycles. The molecular formula is C85H92Ir5N12O11-6. The molecule has 6 heterocycles. The number of aldehydes is 1. The molecule has 113 heavy (non-hydrogen) atoms. The number of aliphatic hydroxyl groups excluding tert-OH is 4. The zero-order chi connectivity index (χ0) is 78.7. The van der Waals surface area contributed by atoms with Gasteiger partial charge in [-0.25, -0.2) is 0 Å². The number of carbonyl (C=O) groups is 2. The SMILES string of the molecule is CC(O)CC(C)O.CN=Cc1ccccc1O.COC(O)CC(O)OC.Cc1nccnc1-c1[c-]cccc1.Cc1nccnc1-c1[c-]cccc1.Cc1nccnc1-c1[c-]cccc1.Cc1nccnc1-c1[c-]cccc1.Cc1nccnc1-c1[c-]cccc1.O=C(O)C1CCC[N-]1.O=Cc1ccccc1O.[Ir].[Ir].[Ir].[Ir].[Ir]. The summed E-state index contributed by atoms with van der Waals surface area (Å²) in [6, 6.07) is 67.6. The summed E-state index contributed by atoms with van der Waals surface area (Å²) < 4.78 is 8.88. The summed E-state index contributed by atoms with van der Waals surface area (Å²) in [7, 11) is 4.38. The maximum absolute atomic E-state index is 10.1. The fraction of sp³-hybridized carbons (Fsp3) is 0.235.